The number of halogens is 3. The predicted molar refractivity (Wildman–Crippen MR) is 98.1 cm³/mol. The Labute approximate surface area is 152 Å². The van der Waals surface area contributed by atoms with E-state index >= 15 is 0 Å². The third-order valence-corrected chi connectivity index (χ3v) is 4.60. The van der Waals surface area contributed by atoms with Crippen LogP contribution >= 0.6 is 23.2 Å². The van der Waals surface area contributed by atoms with Crippen LogP contribution < -0.4 is 5.32 Å². The van der Waals surface area contributed by atoms with Crippen LogP contribution in [0.15, 0.2) is 53.9 Å². The third kappa shape index (κ3) is 5.22. The number of carbonyl (C=O) groups is 1. The lowest BCUT2D eigenvalue weighted by Crippen LogP contribution is -2.22. The van der Waals surface area contributed by atoms with Crippen molar-refractivity contribution in [3.8, 4) is 0 Å². The van der Waals surface area contributed by atoms with Crippen molar-refractivity contribution in [3.63, 3.8) is 0 Å². The van der Waals surface area contributed by atoms with Gasteiger partial charge in [0.15, 0.2) is 0 Å². The Bertz CT molecular complexity index is 724. The van der Waals surface area contributed by atoms with Gasteiger partial charge in [0.25, 0.3) is 0 Å². The summed E-state index contributed by atoms with van der Waals surface area (Å²) in [4.78, 5) is 11.7. The molecule has 2 nitrogen and oxygen atoms in total. The number of hydrogen-bond acceptors (Lipinski definition) is 1. The molecule has 0 unspecified atom stereocenters. The van der Waals surface area contributed by atoms with Crippen molar-refractivity contribution in [2.45, 2.75) is 26.2 Å². The monoisotopic (exact) mass is 367 g/mol. The molecular formula is C19H20Cl2FNO. The van der Waals surface area contributed by atoms with Crippen molar-refractivity contribution in [1.82, 2.24) is 5.32 Å². The zero-order valence-corrected chi connectivity index (χ0v) is 15.2. The van der Waals surface area contributed by atoms with Gasteiger partial charge in [0, 0.05) is 12.6 Å². The van der Waals surface area contributed by atoms with Gasteiger partial charge in [-0.05, 0) is 61.4 Å². The SMILES string of the molecule is C=C(C)CNC(=O)/C=C(C)/C(F)=C\[C@@H]1C[C@H]1c1ccc(Cl)c(Cl)c1. The number of amides is 1. The average molecular weight is 368 g/mol. The summed E-state index contributed by atoms with van der Waals surface area (Å²) < 4.78 is 14.2. The molecule has 1 aromatic carbocycles. The van der Waals surface area contributed by atoms with Crippen molar-refractivity contribution in [2.75, 3.05) is 6.54 Å². The van der Waals surface area contributed by atoms with Crippen molar-refractivity contribution >= 4 is 29.1 Å². The number of hydrogen-bond donors (Lipinski definition) is 1. The Balaban J connectivity index is 1.97. The largest absolute Gasteiger partial charge is 0.349 e. The van der Waals surface area contributed by atoms with E-state index in [1.165, 1.54) is 6.08 Å². The molecular weight excluding hydrogens is 348 g/mol. The van der Waals surface area contributed by atoms with E-state index in [9.17, 15) is 9.18 Å². The van der Waals surface area contributed by atoms with Gasteiger partial charge in [-0.2, -0.15) is 0 Å². The van der Waals surface area contributed by atoms with Crippen LogP contribution in [-0.4, -0.2) is 12.5 Å². The van der Waals surface area contributed by atoms with Crippen LogP contribution in [0.2, 0.25) is 10.0 Å². The third-order valence-electron chi connectivity index (χ3n) is 3.86. The first kappa shape index (κ1) is 18.8. The number of rotatable bonds is 6. The Morgan fingerprint density at radius 1 is 1.38 bits per heavy atom. The molecule has 0 spiro atoms. The minimum absolute atomic E-state index is 0.115. The normalized spacial score (nSPS) is 20.7. The smallest absolute Gasteiger partial charge is 0.244 e. The van der Waals surface area contributed by atoms with Gasteiger partial charge in [0.05, 0.1) is 10.0 Å². The van der Waals surface area contributed by atoms with E-state index in [0.29, 0.717) is 22.2 Å². The molecule has 0 bridgehead atoms. The van der Waals surface area contributed by atoms with Gasteiger partial charge in [-0.3, -0.25) is 4.79 Å². The summed E-state index contributed by atoms with van der Waals surface area (Å²) in [5.74, 6) is -0.330. The van der Waals surface area contributed by atoms with Crippen LogP contribution in [0, 0.1) is 5.92 Å². The lowest BCUT2D eigenvalue weighted by molar-refractivity contribution is -0.116. The molecule has 1 N–H and O–H groups in total. The molecule has 1 aromatic rings. The average Bonchev–Trinajstić information content (AvgIpc) is 3.27. The molecule has 1 saturated carbocycles. The summed E-state index contributed by atoms with van der Waals surface area (Å²) in [6, 6.07) is 5.50. The predicted octanol–water partition coefficient (Wildman–Crippen LogP) is 5.59. The standard InChI is InChI=1S/C19H20Cl2FNO/c1-11(2)10-23-19(24)6-12(3)18(22)9-14-7-15(14)13-4-5-16(20)17(21)8-13/h4-6,8-9,14-15H,1,7,10H2,2-3H3,(H,23,24)/b12-6+,18-9+/t14-,15-/m0/s1. The first-order valence-electron chi connectivity index (χ1n) is 7.71. The topological polar surface area (TPSA) is 29.1 Å². The molecule has 1 aliphatic rings. The second kappa shape index (κ2) is 8.00. The van der Waals surface area contributed by atoms with Crippen molar-refractivity contribution in [3.05, 3.63) is 69.5 Å². The molecule has 1 fully saturated rings. The Kier molecular flexibility index (Phi) is 6.25. The van der Waals surface area contributed by atoms with E-state index in [-0.39, 0.29) is 23.6 Å². The molecule has 0 radical (unpaired) electrons. The minimum atomic E-state index is -0.368. The van der Waals surface area contributed by atoms with E-state index in [1.807, 2.05) is 19.1 Å². The van der Waals surface area contributed by atoms with E-state index in [2.05, 4.69) is 11.9 Å². The molecule has 0 saturated heterocycles. The van der Waals surface area contributed by atoms with E-state index in [1.54, 1.807) is 19.1 Å². The molecule has 1 aliphatic carbocycles. The van der Waals surface area contributed by atoms with Crippen molar-refractivity contribution in [1.29, 1.82) is 0 Å². The maximum absolute atomic E-state index is 14.2. The number of benzene rings is 1. The lowest BCUT2D eigenvalue weighted by atomic mass is 10.1. The summed E-state index contributed by atoms with van der Waals surface area (Å²) in [6.45, 7) is 7.48. The highest BCUT2D eigenvalue weighted by Gasteiger charge is 2.37. The fourth-order valence-electron chi connectivity index (χ4n) is 2.40. The van der Waals surface area contributed by atoms with Gasteiger partial charge in [0.2, 0.25) is 5.91 Å². The molecule has 2 rings (SSSR count). The highest BCUT2D eigenvalue weighted by molar-refractivity contribution is 6.42. The van der Waals surface area contributed by atoms with Crippen LogP contribution in [0.4, 0.5) is 4.39 Å². The highest BCUT2D eigenvalue weighted by atomic mass is 35.5. The molecule has 0 heterocycles. The molecule has 24 heavy (non-hydrogen) atoms. The van der Waals surface area contributed by atoms with Crippen LogP contribution in [0.5, 0.6) is 0 Å². The van der Waals surface area contributed by atoms with E-state index < -0.39 is 0 Å². The van der Waals surface area contributed by atoms with Gasteiger partial charge >= 0.3 is 0 Å². The maximum atomic E-state index is 14.2. The van der Waals surface area contributed by atoms with Crippen LogP contribution in [0.3, 0.4) is 0 Å². The Hall–Kier alpha value is -1.58. The van der Waals surface area contributed by atoms with Gasteiger partial charge in [-0.1, -0.05) is 41.4 Å². The second-order valence-electron chi connectivity index (χ2n) is 6.20. The van der Waals surface area contributed by atoms with E-state index in [4.69, 9.17) is 23.2 Å². The summed E-state index contributed by atoms with van der Waals surface area (Å²) in [5.41, 5.74) is 2.21. The van der Waals surface area contributed by atoms with Gasteiger partial charge in [-0.15, -0.1) is 0 Å². The maximum Gasteiger partial charge on any atom is 0.244 e. The van der Waals surface area contributed by atoms with Gasteiger partial charge in [-0.25, -0.2) is 4.39 Å². The molecule has 128 valence electrons. The van der Waals surface area contributed by atoms with Crippen LogP contribution in [0.1, 0.15) is 31.7 Å². The molecule has 1 amide bonds. The number of carbonyl (C=O) groups excluding carboxylic acids is 1. The van der Waals surface area contributed by atoms with E-state index in [0.717, 1.165) is 17.6 Å². The summed E-state index contributed by atoms with van der Waals surface area (Å²) in [7, 11) is 0. The summed E-state index contributed by atoms with van der Waals surface area (Å²) >= 11 is 11.9. The van der Waals surface area contributed by atoms with Gasteiger partial charge in [0.1, 0.15) is 5.83 Å². The van der Waals surface area contributed by atoms with Crippen molar-refractivity contribution < 1.29 is 9.18 Å². The molecule has 2 atom stereocenters. The van der Waals surface area contributed by atoms with Crippen LogP contribution in [-0.2, 0) is 4.79 Å². The highest BCUT2D eigenvalue weighted by Crippen LogP contribution is 2.50. The minimum Gasteiger partial charge on any atom is -0.349 e. The van der Waals surface area contributed by atoms with Gasteiger partial charge < -0.3 is 5.32 Å². The molecule has 0 aromatic heterocycles. The zero-order valence-electron chi connectivity index (χ0n) is 13.7. The first-order chi connectivity index (χ1) is 11.3. The molecule has 5 heteroatoms. The zero-order chi connectivity index (χ0) is 17.9. The molecule has 0 aliphatic heterocycles. The Morgan fingerprint density at radius 2 is 2.08 bits per heavy atom. The van der Waals surface area contributed by atoms with Crippen molar-refractivity contribution in [2.24, 2.45) is 5.92 Å². The number of nitrogens with one attached hydrogen (secondary N) is 1. The number of allylic oxidation sites excluding steroid dienone is 3. The van der Waals surface area contributed by atoms with Crippen LogP contribution in [0.25, 0.3) is 0 Å². The Morgan fingerprint density at radius 3 is 2.71 bits per heavy atom. The second-order valence-corrected chi connectivity index (χ2v) is 7.01. The fourth-order valence-corrected chi connectivity index (χ4v) is 2.71. The lowest BCUT2D eigenvalue weighted by Gasteiger charge is -2.03. The fraction of sp³-hybridized carbons (Fsp3) is 0.316. The quantitative estimate of drug-likeness (QED) is 0.396. The summed E-state index contributed by atoms with van der Waals surface area (Å²) in [6.07, 6.45) is 3.71. The summed E-state index contributed by atoms with van der Waals surface area (Å²) in [5, 5.41) is 3.67. The first-order valence-corrected chi connectivity index (χ1v) is 8.46.